The summed E-state index contributed by atoms with van der Waals surface area (Å²) < 4.78 is 69.7. The number of anilines is 1. The van der Waals surface area contributed by atoms with Crippen LogP contribution in [-0.4, -0.2) is 34.2 Å². The molecule has 0 aromatic heterocycles. The number of benzene rings is 2. The number of hydrogen-bond donors (Lipinski definition) is 1. The van der Waals surface area contributed by atoms with Gasteiger partial charge in [0.2, 0.25) is 15.9 Å². The summed E-state index contributed by atoms with van der Waals surface area (Å²) in [5, 5.41) is 2.15. The third-order valence-corrected chi connectivity index (χ3v) is 5.96. The van der Waals surface area contributed by atoms with Crippen molar-refractivity contribution in [3.05, 3.63) is 58.6 Å². The number of rotatable bonds is 8. The molecule has 2 rings (SSSR count). The van der Waals surface area contributed by atoms with Crippen LogP contribution in [0.25, 0.3) is 0 Å². The smallest absolute Gasteiger partial charge is 0.417 e. The number of sulfonamides is 1. The van der Waals surface area contributed by atoms with E-state index in [1.54, 1.807) is 24.3 Å². The molecule has 0 aliphatic rings. The molecule has 0 bridgehead atoms. The molecule has 0 unspecified atom stereocenters. The topological polar surface area (TPSA) is 75.7 Å². The van der Waals surface area contributed by atoms with E-state index in [2.05, 4.69) is 5.32 Å². The van der Waals surface area contributed by atoms with Crippen LogP contribution in [0.2, 0.25) is 5.02 Å². The molecule has 6 nitrogen and oxygen atoms in total. The quantitative estimate of drug-likeness (QED) is 0.610. The van der Waals surface area contributed by atoms with Crippen LogP contribution < -0.4 is 14.4 Å². The van der Waals surface area contributed by atoms with Crippen LogP contribution in [0.4, 0.5) is 18.9 Å². The Morgan fingerprint density at radius 2 is 1.81 bits per heavy atom. The third kappa shape index (κ3) is 6.51. The lowest BCUT2D eigenvalue weighted by Crippen LogP contribution is -2.41. The molecule has 0 spiro atoms. The Balaban J connectivity index is 2.27. The normalized spacial score (nSPS) is 12.9. The molecule has 0 radical (unpaired) electrons. The largest absolute Gasteiger partial charge is 0.497 e. The molecule has 2 aromatic rings. The van der Waals surface area contributed by atoms with Crippen LogP contribution in [0.1, 0.15) is 30.5 Å². The van der Waals surface area contributed by atoms with E-state index in [1.165, 1.54) is 7.11 Å². The molecule has 1 atom stereocenters. The number of carbonyl (C=O) groups is 1. The van der Waals surface area contributed by atoms with Crippen LogP contribution >= 0.6 is 11.6 Å². The molecular formula is C20H22ClF3N2O4S. The lowest BCUT2D eigenvalue weighted by Gasteiger charge is -2.25. The first kappa shape index (κ1) is 24.8. The van der Waals surface area contributed by atoms with Crippen molar-refractivity contribution in [2.24, 2.45) is 0 Å². The molecule has 0 saturated carbocycles. The Labute approximate surface area is 184 Å². The van der Waals surface area contributed by atoms with Gasteiger partial charge in [-0.2, -0.15) is 13.2 Å². The number of nitrogens with zero attached hydrogens (tertiary/aromatic N) is 1. The Kier molecular flexibility index (Phi) is 7.82. The maximum Gasteiger partial charge on any atom is 0.417 e. The highest BCUT2D eigenvalue weighted by Gasteiger charge is 2.34. The summed E-state index contributed by atoms with van der Waals surface area (Å²) in [6.45, 7) is 1.14. The first-order valence-electron chi connectivity index (χ1n) is 9.14. The zero-order valence-corrected chi connectivity index (χ0v) is 18.6. The van der Waals surface area contributed by atoms with E-state index in [0.29, 0.717) is 22.5 Å². The van der Waals surface area contributed by atoms with Crippen LogP contribution in [0.3, 0.4) is 0 Å². The van der Waals surface area contributed by atoms with Gasteiger partial charge in [-0.15, -0.1) is 0 Å². The minimum atomic E-state index is -4.78. The number of methoxy groups -OCH3 is 1. The molecule has 2 aromatic carbocycles. The average molecular weight is 479 g/mol. The monoisotopic (exact) mass is 478 g/mol. The molecule has 0 aliphatic carbocycles. The second-order valence-electron chi connectivity index (χ2n) is 6.73. The summed E-state index contributed by atoms with van der Waals surface area (Å²) in [7, 11) is -2.54. The van der Waals surface area contributed by atoms with Gasteiger partial charge in [-0.05, 0) is 42.3 Å². The van der Waals surface area contributed by atoms with E-state index in [1.807, 2.05) is 6.92 Å². The fourth-order valence-electron chi connectivity index (χ4n) is 2.91. The Morgan fingerprint density at radius 3 is 2.29 bits per heavy atom. The van der Waals surface area contributed by atoms with E-state index < -0.39 is 45.3 Å². The maximum atomic E-state index is 13.2. The first-order chi connectivity index (χ1) is 14.4. The molecular weight excluding hydrogens is 457 g/mol. The van der Waals surface area contributed by atoms with E-state index in [0.717, 1.165) is 24.0 Å². The molecule has 170 valence electrons. The van der Waals surface area contributed by atoms with Crippen LogP contribution in [0.5, 0.6) is 5.75 Å². The highest BCUT2D eigenvalue weighted by atomic mass is 35.5. The van der Waals surface area contributed by atoms with Gasteiger partial charge in [0.15, 0.2) is 0 Å². The van der Waals surface area contributed by atoms with Crippen molar-refractivity contribution in [2.45, 2.75) is 25.6 Å². The summed E-state index contributed by atoms with van der Waals surface area (Å²) in [4.78, 5) is 12.6. The maximum absolute atomic E-state index is 13.2. The summed E-state index contributed by atoms with van der Waals surface area (Å²) in [6.07, 6.45) is -3.46. The van der Waals surface area contributed by atoms with Gasteiger partial charge in [0.05, 0.1) is 35.7 Å². The molecule has 1 N–H and O–H groups in total. The third-order valence-electron chi connectivity index (χ3n) is 4.49. The first-order valence-corrected chi connectivity index (χ1v) is 11.4. The number of hydrogen-bond acceptors (Lipinski definition) is 4. The van der Waals surface area contributed by atoms with Crippen molar-refractivity contribution < 1.29 is 31.1 Å². The lowest BCUT2D eigenvalue weighted by molar-refractivity contribution is -0.137. The minimum Gasteiger partial charge on any atom is -0.497 e. The average Bonchev–Trinajstić information content (AvgIpc) is 2.69. The van der Waals surface area contributed by atoms with E-state index >= 15 is 0 Å². The van der Waals surface area contributed by atoms with Crippen molar-refractivity contribution >= 4 is 33.2 Å². The standard InChI is InChI=1S/C20H22ClF3N2O4S/c1-4-18(13-5-8-15(30-2)9-6-13)25-19(27)12-26(31(3,28)29)14-7-10-17(21)16(11-14)20(22,23)24/h5-11,18H,4,12H2,1-3H3,(H,25,27)/t18-/m1/s1. The highest BCUT2D eigenvalue weighted by molar-refractivity contribution is 7.92. The minimum absolute atomic E-state index is 0.313. The number of ether oxygens (including phenoxy) is 1. The van der Waals surface area contributed by atoms with Gasteiger partial charge in [-0.3, -0.25) is 9.10 Å². The molecule has 0 saturated heterocycles. The van der Waals surface area contributed by atoms with Crippen molar-refractivity contribution in [1.29, 1.82) is 0 Å². The van der Waals surface area contributed by atoms with Crippen LogP contribution in [-0.2, 0) is 21.0 Å². The van der Waals surface area contributed by atoms with Crippen LogP contribution in [0, 0.1) is 0 Å². The molecule has 1 amide bonds. The van der Waals surface area contributed by atoms with E-state index in [4.69, 9.17) is 16.3 Å². The van der Waals surface area contributed by atoms with E-state index in [9.17, 15) is 26.4 Å². The Morgan fingerprint density at radius 1 is 1.19 bits per heavy atom. The van der Waals surface area contributed by atoms with Gasteiger partial charge >= 0.3 is 6.18 Å². The number of amides is 1. The second-order valence-corrected chi connectivity index (χ2v) is 9.05. The van der Waals surface area contributed by atoms with Crippen molar-refractivity contribution in [3.63, 3.8) is 0 Å². The molecule has 0 aliphatic heterocycles. The highest BCUT2D eigenvalue weighted by Crippen LogP contribution is 2.37. The summed E-state index contributed by atoms with van der Waals surface area (Å²) in [6, 6.07) is 9.22. The lowest BCUT2D eigenvalue weighted by atomic mass is 10.0. The van der Waals surface area contributed by atoms with Crippen LogP contribution in [0.15, 0.2) is 42.5 Å². The second kappa shape index (κ2) is 9.78. The Bertz CT molecular complexity index is 1030. The number of alkyl halides is 3. The van der Waals surface area contributed by atoms with Gasteiger partial charge in [0.25, 0.3) is 0 Å². The molecule has 0 heterocycles. The van der Waals surface area contributed by atoms with Gasteiger partial charge in [-0.1, -0.05) is 30.7 Å². The summed E-state index contributed by atoms with van der Waals surface area (Å²) >= 11 is 5.61. The van der Waals surface area contributed by atoms with Crippen molar-refractivity contribution in [1.82, 2.24) is 5.32 Å². The summed E-state index contributed by atoms with van der Waals surface area (Å²) in [5.41, 5.74) is -0.731. The number of carbonyl (C=O) groups excluding carboxylic acids is 1. The molecule has 31 heavy (non-hydrogen) atoms. The SMILES string of the molecule is CC[C@@H](NC(=O)CN(c1ccc(Cl)c(C(F)(F)F)c1)S(C)(=O)=O)c1ccc(OC)cc1. The Hall–Kier alpha value is -2.46. The van der Waals surface area contributed by atoms with Gasteiger partial charge in [-0.25, -0.2) is 8.42 Å². The number of nitrogens with one attached hydrogen (secondary N) is 1. The predicted molar refractivity (Wildman–Crippen MR) is 113 cm³/mol. The fourth-order valence-corrected chi connectivity index (χ4v) is 3.99. The zero-order chi connectivity index (χ0) is 23.4. The van der Waals surface area contributed by atoms with E-state index in [-0.39, 0.29) is 5.69 Å². The number of halogens is 4. The van der Waals surface area contributed by atoms with Crippen molar-refractivity contribution in [2.75, 3.05) is 24.2 Å². The van der Waals surface area contributed by atoms with Crippen molar-refractivity contribution in [3.8, 4) is 5.75 Å². The van der Waals surface area contributed by atoms with Gasteiger partial charge in [0.1, 0.15) is 12.3 Å². The predicted octanol–water partition coefficient (Wildman–Crippen LogP) is 4.40. The van der Waals surface area contributed by atoms with Gasteiger partial charge in [0, 0.05) is 0 Å². The zero-order valence-electron chi connectivity index (χ0n) is 17.0. The fraction of sp³-hybridized carbons (Fsp3) is 0.350. The molecule has 11 heteroatoms. The van der Waals surface area contributed by atoms with Gasteiger partial charge < -0.3 is 10.1 Å². The summed E-state index contributed by atoms with van der Waals surface area (Å²) in [5.74, 6) is -0.0343. The molecule has 0 fully saturated rings.